The molecule has 53 heavy (non-hydrogen) atoms. The maximum absolute atomic E-state index is 5.60. The Bertz CT molecular complexity index is 3870. The van der Waals surface area contributed by atoms with Gasteiger partial charge in [-0.2, -0.15) is 0 Å². The maximum Gasteiger partial charge on any atom is 0.235 e. The van der Waals surface area contributed by atoms with E-state index in [4.69, 9.17) is 9.97 Å². The van der Waals surface area contributed by atoms with E-state index in [1.807, 2.05) is 22.7 Å². The quantitative estimate of drug-likeness (QED) is 0.178. The second-order valence-corrected chi connectivity index (χ2v) is 17.3. The Balaban J connectivity index is 1.17. The lowest BCUT2D eigenvalue weighted by Crippen LogP contribution is -2.02. The van der Waals surface area contributed by atoms with Gasteiger partial charge < -0.3 is 4.40 Å². The lowest BCUT2D eigenvalue weighted by atomic mass is 10.0. The van der Waals surface area contributed by atoms with Crippen LogP contribution in [0.5, 0.6) is 0 Å². The van der Waals surface area contributed by atoms with E-state index in [1.165, 1.54) is 88.5 Å². The Morgan fingerprint density at radius 2 is 1.09 bits per heavy atom. The summed E-state index contributed by atoms with van der Waals surface area (Å²) in [4.78, 5) is 11.1. The average molecular weight is 727 g/mol. The molecule has 4 nitrogen and oxygen atoms in total. The minimum atomic E-state index is 0.700. The van der Waals surface area contributed by atoms with E-state index in [-0.39, 0.29) is 0 Å². The molecule has 0 N–H and O–H groups in total. The first-order chi connectivity index (χ1) is 26.3. The van der Waals surface area contributed by atoms with Crippen LogP contribution in [0.3, 0.4) is 0 Å². The molecule has 0 atom stereocenters. The third-order valence-corrected chi connectivity index (χ3v) is 14.9. The van der Waals surface area contributed by atoms with E-state index >= 15 is 0 Å². The summed E-state index contributed by atoms with van der Waals surface area (Å²) in [5.41, 5.74) is 9.08. The van der Waals surface area contributed by atoms with Crippen LogP contribution in [0.2, 0.25) is 0 Å². The van der Waals surface area contributed by atoms with Gasteiger partial charge in [-0.05, 0) is 60.7 Å². The Morgan fingerprint density at radius 1 is 0.415 bits per heavy atom. The van der Waals surface area contributed by atoms with Crippen LogP contribution in [0.1, 0.15) is 0 Å². The molecular weight excluding hydrogens is 705 g/mol. The molecule has 0 aliphatic heterocycles. The van der Waals surface area contributed by atoms with Crippen LogP contribution in [0.25, 0.3) is 127 Å². The summed E-state index contributed by atoms with van der Waals surface area (Å²) >= 11 is 5.53. The molecule has 0 aliphatic rings. The smallest absolute Gasteiger partial charge is 0.235 e. The van der Waals surface area contributed by atoms with Crippen LogP contribution >= 0.6 is 34.0 Å². The molecular formula is C46H22N4S3. The lowest BCUT2D eigenvalue weighted by Gasteiger charge is -2.11. The van der Waals surface area contributed by atoms with Gasteiger partial charge in [0.2, 0.25) is 5.95 Å². The largest absolute Gasteiger partial charge is 0.308 e. The standard InChI is InChI=1S/C46H22N4S3/c1-4-11-29-24(8-1)26-17-20-37-41-40-36(52-37)21-18-32-39(40)38-30(49(29)44(26)41)12-7-13-31(38)50(32)46-47-42(45-43(48-46)27-10-3-6-15-34(27)53-45)23-16-19-35-28(22-23)25-9-2-5-14-33(25)51-35/h1-22H. The molecule has 7 heteroatoms. The van der Waals surface area contributed by atoms with Crippen molar-refractivity contribution in [1.29, 1.82) is 0 Å². The number of para-hydroxylation sites is 1. The van der Waals surface area contributed by atoms with Gasteiger partial charge in [-0.25, -0.2) is 9.97 Å². The number of benzene rings is 7. The minimum absolute atomic E-state index is 0.700. The minimum Gasteiger partial charge on any atom is -0.308 e. The van der Waals surface area contributed by atoms with Crippen LogP contribution in [0.4, 0.5) is 0 Å². The Morgan fingerprint density at radius 3 is 2.02 bits per heavy atom. The highest BCUT2D eigenvalue weighted by Gasteiger charge is 2.27. The molecule has 7 aromatic carbocycles. The molecule has 7 aromatic heterocycles. The highest BCUT2D eigenvalue weighted by molar-refractivity contribution is 7.27. The van der Waals surface area contributed by atoms with E-state index < -0.39 is 0 Å². The molecule has 0 amide bonds. The molecule has 0 saturated heterocycles. The van der Waals surface area contributed by atoms with Crippen molar-refractivity contribution in [2.75, 3.05) is 0 Å². The normalized spacial score (nSPS) is 12.9. The third-order valence-electron chi connectivity index (χ3n) is 11.5. The van der Waals surface area contributed by atoms with Gasteiger partial charge >= 0.3 is 0 Å². The number of rotatable bonds is 2. The zero-order valence-electron chi connectivity index (χ0n) is 27.7. The van der Waals surface area contributed by atoms with Crippen molar-refractivity contribution in [2.45, 2.75) is 0 Å². The van der Waals surface area contributed by atoms with Crippen molar-refractivity contribution >= 4 is 144 Å². The summed E-state index contributed by atoms with van der Waals surface area (Å²) < 4.78 is 12.4. The van der Waals surface area contributed by atoms with Gasteiger partial charge in [0.1, 0.15) is 0 Å². The second-order valence-electron chi connectivity index (χ2n) is 14.1. The molecule has 0 radical (unpaired) electrons. The van der Waals surface area contributed by atoms with Crippen molar-refractivity contribution < 1.29 is 0 Å². The Kier molecular flexibility index (Phi) is 4.91. The van der Waals surface area contributed by atoms with Crippen molar-refractivity contribution in [3.05, 3.63) is 133 Å². The van der Waals surface area contributed by atoms with Crippen LogP contribution in [-0.2, 0) is 0 Å². The van der Waals surface area contributed by atoms with Crippen molar-refractivity contribution in [3.63, 3.8) is 0 Å². The molecule has 0 spiro atoms. The summed E-state index contributed by atoms with van der Waals surface area (Å²) in [6.45, 7) is 0. The van der Waals surface area contributed by atoms with Gasteiger partial charge in [0.15, 0.2) is 0 Å². The zero-order valence-corrected chi connectivity index (χ0v) is 30.2. The number of thiophene rings is 3. The third kappa shape index (κ3) is 3.29. The molecule has 0 unspecified atom stereocenters. The molecule has 14 rings (SSSR count). The highest BCUT2D eigenvalue weighted by Crippen LogP contribution is 2.50. The molecule has 0 bridgehead atoms. The lowest BCUT2D eigenvalue weighted by molar-refractivity contribution is 1.02. The zero-order chi connectivity index (χ0) is 34.1. The van der Waals surface area contributed by atoms with E-state index in [0.29, 0.717) is 5.95 Å². The van der Waals surface area contributed by atoms with Crippen molar-refractivity contribution in [1.82, 2.24) is 18.9 Å². The van der Waals surface area contributed by atoms with Gasteiger partial charge in [0.05, 0.1) is 43.5 Å². The molecule has 0 aliphatic carbocycles. The van der Waals surface area contributed by atoms with Gasteiger partial charge in [-0.1, -0.05) is 72.8 Å². The first kappa shape index (κ1) is 27.5. The first-order valence-electron chi connectivity index (χ1n) is 17.7. The summed E-state index contributed by atoms with van der Waals surface area (Å²) in [7, 11) is 0. The fourth-order valence-electron chi connectivity index (χ4n) is 9.33. The molecule has 244 valence electrons. The SMILES string of the molecule is c1ccc2c(c1)sc1ccc(-c3nc(-n4c5ccc6sc7ccc8c9ccccc9n9c%10cccc4c%10c5c6c7c89)nc4c3sc3ccccc34)cc12. The van der Waals surface area contributed by atoms with Crippen molar-refractivity contribution in [3.8, 4) is 17.2 Å². The second kappa shape index (κ2) is 9.45. The van der Waals surface area contributed by atoms with Gasteiger partial charge in [-0.3, -0.25) is 4.57 Å². The number of aromatic nitrogens is 4. The predicted molar refractivity (Wildman–Crippen MR) is 229 cm³/mol. The van der Waals surface area contributed by atoms with Gasteiger partial charge in [-0.15, -0.1) is 34.0 Å². The van der Waals surface area contributed by atoms with Crippen LogP contribution in [-0.4, -0.2) is 18.9 Å². The van der Waals surface area contributed by atoms with E-state index in [9.17, 15) is 0 Å². The number of hydrogen-bond donors (Lipinski definition) is 0. The van der Waals surface area contributed by atoms with Crippen LogP contribution in [0.15, 0.2) is 133 Å². The van der Waals surface area contributed by atoms with Gasteiger partial charge in [0.25, 0.3) is 0 Å². The van der Waals surface area contributed by atoms with Crippen molar-refractivity contribution in [2.24, 2.45) is 0 Å². The van der Waals surface area contributed by atoms with E-state index in [0.717, 1.165) is 32.5 Å². The molecule has 14 aromatic rings. The summed E-state index contributed by atoms with van der Waals surface area (Å²) in [6.07, 6.45) is 0. The van der Waals surface area contributed by atoms with E-state index in [1.54, 1.807) is 11.3 Å². The highest BCUT2D eigenvalue weighted by atomic mass is 32.1. The number of hydrogen-bond acceptors (Lipinski definition) is 5. The van der Waals surface area contributed by atoms with Gasteiger partial charge in [0, 0.05) is 77.5 Å². The van der Waals surface area contributed by atoms with Crippen LogP contribution < -0.4 is 0 Å². The van der Waals surface area contributed by atoms with Crippen LogP contribution in [0, 0.1) is 0 Å². The Labute approximate surface area is 311 Å². The predicted octanol–water partition coefficient (Wildman–Crippen LogP) is 13.8. The fraction of sp³-hybridized carbons (Fsp3) is 0. The fourth-order valence-corrected chi connectivity index (χ4v) is 12.7. The van der Waals surface area contributed by atoms with E-state index in [2.05, 4.69) is 142 Å². The molecule has 0 fully saturated rings. The monoisotopic (exact) mass is 726 g/mol. The summed E-state index contributed by atoms with van der Waals surface area (Å²) in [6, 6.07) is 49.1. The molecule has 0 saturated carbocycles. The topological polar surface area (TPSA) is 35.1 Å². The summed E-state index contributed by atoms with van der Waals surface area (Å²) in [5.74, 6) is 0.700. The first-order valence-corrected chi connectivity index (χ1v) is 20.2. The summed E-state index contributed by atoms with van der Waals surface area (Å²) in [5, 5.41) is 11.5. The number of fused-ring (bicyclic) bond motifs is 10. The average Bonchev–Trinajstić information content (AvgIpc) is 3.99. The molecule has 7 heterocycles. The number of nitrogens with zero attached hydrogens (tertiary/aromatic N) is 4. The Hall–Kier alpha value is -6.12. The maximum atomic E-state index is 5.60.